The van der Waals surface area contributed by atoms with E-state index in [9.17, 15) is 9.90 Å². The van der Waals surface area contributed by atoms with E-state index in [1.807, 2.05) is 12.1 Å². The van der Waals surface area contributed by atoms with E-state index >= 15 is 0 Å². The number of hydrogen-bond acceptors (Lipinski definition) is 5. The fraction of sp³-hybridized carbons (Fsp3) is 0.500. The third-order valence-electron chi connectivity index (χ3n) is 4.58. The number of carbonyl (C=O) groups excluding carboxylic acids is 1. The van der Waals surface area contributed by atoms with Crippen LogP contribution in [0.15, 0.2) is 18.2 Å². The molecule has 0 saturated carbocycles. The maximum Gasteiger partial charge on any atom is 0.312 e. The predicted molar refractivity (Wildman–Crippen MR) is 95.3 cm³/mol. The molecule has 1 saturated heterocycles. The van der Waals surface area contributed by atoms with E-state index in [2.05, 4.69) is 17.0 Å². The zero-order valence-electron chi connectivity index (χ0n) is 14.0. The first-order chi connectivity index (χ1) is 11.1. The number of esters is 1. The maximum absolute atomic E-state index is 12.0. The molecule has 0 radical (unpaired) electrons. The molecule has 2 atom stereocenters. The number of fused-ring (bicyclic) bond motifs is 1. The highest BCUT2D eigenvalue weighted by atomic mass is 35.5. The number of rotatable bonds is 5. The van der Waals surface area contributed by atoms with Crippen LogP contribution in [-0.2, 0) is 9.53 Å². The Hall–Kier alpha value is -1.56. The molecular weight excluding hydrogens is 330 g/mol. The minimum absolute atomic E-state index is 0. The molecule has 1 N–H and O–H groups in total. The third-order valence-corrected chi connectivity index (χ3v) is 4.58. The molecule has 0 bridgehead atoms. The van der Waals surface area contributed by atoms with Crippen LogP contribution in [0.2, 0.25) is 0 Å². The van der Waals surface area contributed by atoms with E-state index in [1.54, 1.807) is 14.0 Å². The molecule has 0 aromatic heterocycles. The van der Waals surface area contributed by atoms with Gasteiger partial charge < -0.3 is 14.6 Å². The van der Waals surface area contributed by atoms with Crippen molar-refractivity contribution < 1.29 is 19.4 Å². The van der Waals surface area contributed by atoms with Gasteiger partial charge in [0.05, 0.1) is 25.7 Å². The minimum atomic E-state index is -0.604. The highest BCUT2D eigenvalue weighted by Gasteiger charge is 2.35. The molecular formula is C18H24ClNO4. The van der Waals surface area contributed by atoms with Crippen LogP contribution in [0.3, 0.4) is 0 Å². The van der Waals surface area contributed by atoms with E-state index in [-0.39, 0.29) is 18.4 Å². The van der Waals surface area contributed by atoms with Gasteiger partial charge in [-0.05, 0) is 48.3 Å². The number of likely N-dealkylation sites (tertiary alicyclic amines) is 1. The summed E-state index contributed by atoms with van der Waals surface area (Å²) >= 11 is 0. The highest BCUT2D eigenvalue weighted by Crippen LogP contribution is 2.36. The molecule has 3 rings (SSSR count). The van der Waals surface area contributed by atoms with E-state index < -0.39 is 12.0 Å². The van der Waals surface area contributed by atoms with Crippen LogP contribution in [0.5, 0.6) is 5.75 Å². The van der Waals surface area contributed by atoms with Crippen molar-refractivity contribution in [2.24, 2.45) is 5.92 Å². The molecule has 24 heavy (non-hydrogen) atoms. The standard InChI is InChI=1S/C18H23NO4.ClH/c1-3-23-18(21)16-11-19(7-6-17(16)20)10-13-8-12-4-5-14(22-2)9-15(12)13;/h4-5,8-9,16-17,20H,3,6-7,10-11H2,1-2H3;1H/t16-,17+;/m0./s1. The van der Waals surface area contributed by atoms with Crippen molar-refractivity contribution >= 4 is 30.0 Å². The molecule has 6 heteroatoms. The molecule has 1 fully saturated rings. The quantitative estimate of drug-likeness (QED) is 0.822. The SMILES string of the molecule is CCOC(=O)[C@H]1CN(CC2=Cc3ccc(OC)cc32)CC[C@H]1O.Cl. The Kier molecular flexibility index (Phi) is 6.27. The van der Waals surface area contributed by atoms with Crippen molar-refractivity contribution in [1.29, 1.82) is 0 Å². The summed E-state index contributed by atoms with van der Waals surface area (Å²) in [7, 11) is 1.67. The summed E-state index contributed by atoms with van der Waals surface area (Å²) in [6.45, 7) is 4.24. The lowest BCUT2D eigenvalue weighted by atomic mass is 9.87. The maximum atomic E-state index is 12.0. The second-order valence-corrected chi connectivity index (χ2v) is 6.07. The Morgan fingerprint density at radius 1 is 1.42 bits per heavy atom. The Bertz CT molecular complexity index is 631. The predicted octanol–water partition coefficient (Wildman–Crippen LogP) is 2.22. The highest BCUT2D eigenvalue weighted by molar-refractivity contribution is 5.96. The second kappa shape index (κ2) is 8.01. The molecule has 1 heterocycles. The zero-order valence-corrected chi connectivity index (χ0v) is 14.8. The largest absolute Gasteiger partial charge is 0.497 e. The van der Waals surface area contributed by atoms with Crippen LogP contribution >= 0.6 is 12.4 Å². The third kappa shape index (κ3) is 3.74. The van der Waals surface area contributed by atoms with Gasteiger partial charge in [-0.25, -0.2) is 0 Å². The smallest absolute Gasteiger partial charge is 0.312 e. The molecule has 1 aliphatic carbocycles. The van der Waals surface area contributed by atoms with Gasteiger partial charge in [0, 0.05) is 19.6 Å². The van der Waals surface area contributed by atoms with Gasteiger partial charge in [0.15, 0.2) is 0 Å². The van der Waals surface area contributed by atoms with Gasteiger partial charge in [0.25, 0.3) is 0 Å². The number of benzene rings is 1. The topological polar surface area (TPSA) is 59.0 Å². The number of ether oxygens (including phenoxy) is 2. The van der Waals surface area contributed by atoms with Gasteiger partial charge in [0.1, 0.15) is 5.75 Å². The molecule has 132 valence electrons. The second-order valence-electron chi connectivity index (χ2n) is 6.07. The van der Waals surface area contributed by atoms with Crippen molar-refractivity contribution in [2.45, 2.75) is 19.4 Å². The van der Waals surface area contributed by atoms with Gasteiger partial charge in [-0.3, -0.25) is 9.69 Å². The molecule has 1 aliphatic heterocycles. The molecule has 5 nitrogen and oxygen atoms in total. The Balaban J connectivity index is 0.00000208. The van der Waals surface area contributed by atoms with Gasteiger partial charge in [0.2, 0.25) is 0 Å². The fourth-order valence-corrected chi connectivity index (χ4v) is 3.26. The van der Waals surface area contributed by atoms with Gasteiger partial charge in [-0.1, -0.05) is 6.07 Å². The number of methoxy groups -OCH3 is 1. The van der Waals surface area contributed by atoms with Gasteiger partial charge >= 0.3 is 5.97 Å². The minimum Gasteiger partial charge on any atom is -0.497 e. The van der Waals surface area contributed by atoms with Crippen molar-refractivity contribution in [2.75, 3.05) is 33.4 Å². The number of hydrogen-bond donors (Lipinski definition) is 1. The van der Waals surface area contributed by atoms with Crippen LogP contribution < -0.4 is 4.74 Å². The molecule has 1 aromatic carbocycles. The van der Waals surface area contributed by atoms with Crippen LogP contribution in [0.1, 0.15) is 24.5 Å². The number of carbonyl (C=O) groups is 1. The summed E-state index contributed by atoms with van der Waals surface area (Å²) in [5.74, 6) is 0.108. The van der Waals surface area contributed by atoms with E-state index in [4.69, 9.17) is 9.47 Å². The number of aliphatic hydroxyl groups is 1. The molecule has 0 spiro atoms. The van der Waals surface area contributed by atoms with Crippen molar-refractivity contribution in [3.63, 3.8) is 0 Å². The lowest BCUT2D eigenvalue weighted by Gasteiger charge is -2.36. The molecule has 0 unspecified atom stereocenters. The number of halogens is 1. The van der Waals surface area contributed by atoms with Crippen molar-refractivity contribution in [3.05, 3.63) is 29.3 Å². The fourth-order valence-electron chi connectivity index (χ4n) is 3.26. The van der Waals surface area contributed by atoms with Crippen LogP contribution in [0.25, 0.3) is 11.6 Å². The van der Waals surface area contributed by atoms with E-state index in [0.29, 0.717) is 19.6 Å². The molecule has 0 amide bonds. The lowest BCUT2D eigenvalue weighted by Crippen LogP contribution is -2.47. The first-order valence-corrected chi connectivity index (χ1v) is 8.08. The number of piperidine rings is 1. The molecule has 2 aliphatic rings. The Labute approximate surface area is 148 Å². The monoisotopic (exact) mass is 353 g/mol. The van der Waals surface area contributed by atoms with Crippen molar-refractivity contribution in [1.82, 2.24) is 4.90 Å². The average Bonchev–Trinajstić information content (AvgIpc) is 2.54. The summed E-state index contributed by atoms with van der Waals surface area (Å²) in [4.78, 5) is 14.2. The lowest BCUT2D eigenvalue weighted by molar-refractivity contribution is -0.155. The van der Waals surface area contributed by atoms with Crippen molar-refractivity contribution in [3.8, 4) is 5.75 Å². The summed E-state index contributed by atoms with van der Waals surface area (Å²) in [5, 5.41) is 10.1. The first kappa shape index (κ1) is 18.8. The van der Waals surface area contributed by atoms with E-state index in [1.165, 1.54) is 16.7 Å². The van der Waals surface area contributed by atoms with Gasteiger partial charge in [-0.15, -0.1) is 12.4 Å². The zero-order chi connectivity index (χ0) is 16.4. The van der Waals surface area contributed by atoms with E-state index in [0.717, 1.165) is 18.8 Å². The van der Waals surface area contributed by atoms with Crippen LogP contribution in [-0.4, -0.2) is 55.4 Å². The number of aliphatic hydroxyl groups excluding tert-OH is 1. The average molecular weight is 354 g/mol. The van der Waals surface area contributed by atoms with Crippen LogP contribution in [0, 0.1) is 5.92 Å². The first-order valence-electron chi connectivity index (χ1n) is 8.08. The normalized spacial score (nSPS) is 22.5. The Morgan fingerprint density at radius 2 is 2.21 bits per heavy atom. The molecule has 1 aromatic rings. The van der Waals surface area contributed by atoms with Gasteiger partial charge in [-0.2, -0.15) is 0 Å². The summed E-state index contributed by atoms with van der Waals surface area (Å²) < 4.78 is 10.4. The Morgan fingerprint density at radius 3 is 2.92 bits per heavy atom. The summed E-state index contributed by atoms with van der Waals surface area (Å²) in [6.07, 6.45) is 2.16. The summed E-state index contributed by atoms with van der Waals surface area (Å²) in [5.41, 5.74) is 3.68. The summed E-state index contributed by atoms with van der Waals surface area (Å²) in [6, 6.07) is 6.06. The number of nitrogens with zero attached hydrogens (tertiary/aromatic N) is 1. The van der Waals surface area contributed by atoms with Crippen LogP contribution in [0.4, 0.5) is 0 Å².